The second-order valence-electron chi connectivity index (χ2n) is 7.55. The molecule has 1 saturated heterocycles. The van der Waals surface area contributed by atoms with E-state index in [0.717, 1.165) is 10.6 Å². The Morgan fingerprint density at radius 1 is 1.37 bits per heavy atom. The SMILES string of the molecule is COCCN1C(=O)CC(CC(=O)N(C)Cc2cc(C)[nH]n2)(c2ccccc2Cl)C1=O. The minimum Gasteiger partial charge on any atom is -0.383 e. The van der Waals surface area contributed by atoms with Crippen LogP contribution in [-0.2, 0) is 31.1 Å². The highest BCUT2D eigenvalue weighted by molar-refractivity contribution is 6.32. The van der Waals surface area contributed by atoms with Crippen molar-refractivity contribution in [2.24, 2.45) is 0 Å². The number of hydrogen-bond donors (Lipinski definition) is 1. The molecule has 1 aromatic heterocycles. The first-order valence-corrected chi connectivity index (χ1v) is 10.00. The van der Waals surface area contributed by atoms with Crippen LogP contribution in [0.1, 0.15) is 29.8 Å². The average molecular weight is 433 g/mol. The van der Waals surface area contributed by atoms with Gasteiger partial charge in [0.15, 0.2) is 0 Å². The highest BCUT2D eigenvalue weighted by atomic mass is 35.5. The van der Waals surface area contributed by atoms with Gasteiger partial charge in [0.05, 0.1) is 30.8 Å². The number of aromatic amines is 1. The van der Waals surface area contributed by atoms with E-state index in [-0.39, 0.29) is 44.4 Å². The van der Waals surface area contributed by atoms with Gasteiger partial charge in [0.25, 0.3) is 0 Å². The lowest BCUT2D eigenvalue weighted by Crippen LogP contribution is -2.43. The summed E-state index contributed by atoms with van der Waals surface area (Å²) in [4.78, 5) is 41.9. The summed E-state index contributed by atoms with van der Waals surface area (Å²) in [5.41, 5.74) is 0.757. The third kappa shape index (κ3) is 4.24. The summed E-state index contributed by atoms with van der Waals surface area (Å²) in [6.07, 6.45) is -0.273. The van der Waals surface area contributed by atoms with E-state index in [9.17, 15) is 14.4 Å². The molecule has 1 atom stereocenters. The third-order valence-corrected chi connectivity index (χ3v) is 5.68. The Hall–Kier alpha value is -2.71. The first-order chi connectivity index (χ1) is 14.3. The second-order valence-corrected chi connectivity index (χ2v) is 7.96. The van der Waals surface area contributed by atoms with E-state index in [0.29, 0.717) is 16.3 Å². The second kappa shape index (κ2) is 8.97. The minimum absolute atomic E-state index is 0.111. The molecule has 3 rings (SSSR count). The van der Waals surface area contributed by atoms with Crippen LogP contribution in [0.15, 0.2) is 30.3 Å². The molecular weight excluding hydrogens is 408 g/mol. The number of likely N-dealkylation sites (tertiary alicyclic amines) is 1. The fourth-order valence-corrected chi connectivity index (χ4v) is 4.10. The number of rotatable bonds is 8. The number of halogens is 1. The lowest BCUT2D eigenvalue weighted by atomic mass is 9.75. The number of nitrogens with one attached hydrogen (secondary N) is 1. The van der Waals surface area contributed by atoms with E-state index in [1.54, 1.807) is 31.3 Å². The molecule has 1 aliphatic heterocycles. The van der Waals surface area contributed by atoms with Gasteiger partial charge in [-0.2, -0.15) is 5.10 Å². The molecule has 0 saturated carbocycles. The predicted octanol–water partition coefficient (Wildman–Crippen LogP) is 2.06. The number of amides is 3. The van der Waals surface area contributed by atoms with E-state index in [1.807, 2.05) is 13.0 Å². The number of H-pyrrole nitrogens is 1. The zero-order valence-corrected chi connectivity index (χ0v) is 18.0. The lowest BCUT2D eigenvalue weighted by molar-refractivity contribution is -0.143. The Kier molecular flexibility index (Phi) is 6.58. The number of aryl methyl sites for hydroxylation is 1. The van der Waals surface area contributed by atoms with Crippen molar-refractivity contribution >= 4 is 29.3 Å². The third-order valence-electron chi connectivity index (χ3n) is 5.35. The summed E-state index contributed by atoms with van der Waals surface area (Å²) in [5.74, 6) is -1.03. The molecule has 2 aromatic rings. The Morgan fingerprint density at radius 2 is 2.10 bits per heavy atom. The largest absolute Gasteiger partial charge is 0.383 e. The Bertz CT molecular complexity index is 960. The van der Waals surface area contributed by atoms with Gasteiger partial charge >= 0.3 is 0 Å². The van der Waals surface area contributed by atoms with Crippen LogP contribution in [0.25, 0.3) is 0 Å². The number of aromatic nitrogens is 2. The van der Waals surface area contributed by atoms with Crippen molar-refractivity contribution < 1.29 is 19.1 Å². The number of carbonyl (C=O) groups excluding carboxylic acids is 3. The van der Waals surface area contributed by atoms with Gasteiger partial charge in [-0.15, -0.1) is 0 Å². The molecule has 30 heavy (non-hydrogen) atoms. The van der Waals surface area contributed by atoms with E-state index in [4.69, 9.17) is 16.3 Å². The summed E-state index contributed by atoms with van der Waals surface area (Å²) in [7, 11) is 3.15. The van der Waals surface area contributed by atoms with Crippen LogP contribution in [0.4, 0.5) is 0 Å². The Balaban J connectivity index is 1.91. The Morgan fingerprint density at radius 3 is 2.73 bits per heavy atom. The monoisotopic (exact) mass is 432 g/mol. The van der Waals surface area contributed by atoms with E-state index < -0.39 is 11.3 Å². The summed E-state index contributed by atoms with van der Waals surface area (Å²) in [6.45, 7) is 2.53. The van der Waals surface area contributed by atoms with Crippen molar-refractivity contribution in [3.8, 4) is 0 Å². The molecule has 1 aromatic carbocycles. The Labute approximate surface area is 180 Å². The molecular formula is C21H25ClN4O4. The van der Waals surface area contributed by atoms with Gasteiger partial charge < -0.3 is 9.64 Å². The maximum Gasteiger partial charge on any atom is 0.241 e. The molecule has 0 aliphatic carbocycles. The van der Waals surface area contributed by atoms with Gasteiger partial charge in [0.1, 0.15) is 0 Å². The first-order valence-electron chi connectivity index (χ1n) is 9.62. The van der Waals surface area contributed by atoms with Crippen LogP contribution in [-0.4, -0.2) is 65.0 Å². The van der Waals surface area contributed by atoms with Crippen molar-refractivity contribution in [2.45, 2.75) is 31.7 Å². The molecule has 1 N–H and O–H groups in total. The zero-order chi connectivity index (χ0) is 21.9. The van der Waals surface area contributed by atoms with Crippen LogP contribution in [0.5, 0.6) is 0 Å². The number of methoxy groups -OCH3 is 1. The molecule has 3 amide bonds. The molecule has 1 aliphatic rings. The number of benzene rings is 1. The van der Waals surface area contributed by atoms with Gasteiger partial charge in [-0.1, -0.05) is 29.8 Å². The molecule has 2 heterocycles. The van der Waals surface area contributed by atoms with Gasteiger partial charge in [0.2, 0.25) is 17.7 Å². The number of carbonyl (C=O) groups is 3. The van der Waals surface area contributed by atoms with E-state index >= 15 is 0 Å². The molecule has 160 valence electrons. The smallest absolute Gasteiger partial charge is 0.241 e. The summed E-state index contributed by atoms with van der Waals surface area (Å²) in [5, 5.41) is 7.34. The number of ether oxygens (including phenoxy) is 1. The lowest BCUT2D eigenvalue weighted by Gasteiger charge is -2.29. The summed E-state index contributed by atoms with van der Waals surface area (Å²) >= 11 is 6.41. The van der Waals surface area contributed by atoms with Crippen LogP contribution >= 0.6 is 11.6 Å². The number of nitrogens with zero attached hydrogens (tertiary/aromatic N) is 3. The molecule has 1 fully saturated rings. The van der Waals surface area contributed by atoms with Crippen LogP contribution in [0.3, 0.4) is 0 Å². The standard InChI is InChI=1S/C21H25ClN4O4/c1-14-10-15(24-23-14)13-25(2)18(27)11-21(16-6-4-5-7-17(16)22)12-19(28)26(20(21)29)8-9-30-3/h4-7,10H,8-9,11-13H2,1-3H3,(H,23,24). The van der Waals surface area contributed by atoms with Crippen molar-refractivity contribution in [1.82, 2.24) is 20.0 Å². The topological polar surface area (TPSA) is 95.6 Å². The maximum absolute atomic E-state index is 13.4. The molecule has 0 bridgehead atoms. The van der Waals surface area contributed by atoms with Gasteiger partial charge in [-0.3, -0.25) is 24.4 Å². The summed E-state index contributed by atoms with van der Waals surface area (Å²) in [6, 6.07) is 8.72. The van der Waals surface area contributed by atoms with Crippen LogP contribution in [0.2, 0.25) is 5.02 Å². The van der Waals surface area contributed by atoms with Crippen molar-refractivity contribution in [3.63, 3.8) is 0 Å². The molecule has 8 nitrogen and oxygen atoms in total. The van der Waals surface area contributed by atoms with Crippen molar-refractivity contribution in [3.05, 3.63) is 52.3 Å². The van der Waals surface area contributed by atoms with E-state index in [2.05, 4.69) is 10.2 Å². The molecule has 0 radical (unpaired) electrons. The first kappa shape index (κ1) is 22.0. The van der Waals surface area contributed by atoms with Crippen LogP contribution in [0, 0.1) is 6.92 Å². The fourth-order valence-electron chi connectivity index (χ4n) is 3.78. The predicted molar refractivity (Wildman–Crippen MR) is 111 cm³/mol. The van der Waals surface area contributed by atoms with Gasteiger partial charge in [0, 0.05) is 37.7 Å². The fraction of sp³-hybridized carbons (Fsp3) is 0.429. The maximum atomic E-state index is 13.4. The normalized spacial score (nSPS) is 18.9. The highest BCUT2D eigenvalue weighted by Gasteiger charge is 2.54. The van der Waals surface area contributed by atoms with Crippen molar-refractivity contribution in [1.29, 1.82) is 0 Å². The number of imide groups is 1. The minimum atomic E-state index is -1.34. The molecule has 1 unspecified atom stereocenters. The quantitative estimate of drug-likeness (QED) is 0.644. The van der Waals surface area contributed by atoms with Crippen molar-refractivity contribution in [2.75, 3.05) is 27.3 Å². The van der Waals surface area contributed by atoms with Gasteiger partial charge in [-0.25, -0.2) is 0 Å². The average Bonchev–Trinajstić information content (AvgIpc) is 3.21. The summed E-state index contributed by atoms with van der Waals surface area (Å²) < 4.78 is 5.03. The highest BCUT2D eigenvalue weighted by Crippen LogP contribution is 2.43. The molecule has 9 heteroatoms. The van der Waals surface area contributed by atoms with Gasteiger partial charge in [-0.05, 0) is 24.6 Å². The van der Waals surface area contributed by atoms with E-state index in [1.165, 1.54) is 12.0 Å². The number of hydrogen-bond acceptors (Lipinski definition) is 5. The van der Waals surface area contributed by atoms with Crippen LogP contribution < -0.4 is 0 Å². The zero-order valence-electron chi connectivity index (χ0n) is 17.3. The molecule has 0 spiro atoms.